The van der Waals surface area contributed by atoms with Crippen LogP contribution >= 0.6 is 0 Å². The molecule has 25 heavy (non-hydrogen) atoms. The lowest BCUT2D eigenvalue weighted by Gasteiger charge is -2.16. The smallest absolute Gasteiger partial charge is 0.220 e. The van der Waals surface area contributed by atoms with E-state index in [4.69, 9.17) is 9.47 Å². The van der Waals surface area contributed by atoms with E-state index >= 15 is 0 Å². The fourth-order valence-corrected chi connectivity index (χ4v) is 2.46. The second-order valence-electron chi connectivity index (χ2n) is 6.37. The van der Waals surface area contributed by atoms with Gasteiger partial charge in [0, 0.05) is 6.42 Å². The van der Waals surface area contributed by atoms with Crippen LogP contribution in [0.1, 0.15) is 30.0 Å². The minimum absolute atomic E-state index is 0.0343. The SMILES string of the molecule is COc1ccc(CCC(=O)N[C@@H](C)COc2ccc(C)c(C)c2)cc1. The van der Waals surface area contributed by atoms with E-state index < -0.39 is 0 Å². The van der Waals surface area contributed by atoms with E-state index in [2.05, 4.69) is 19.2 Å². The van der Waals surface area contributed by atoms with Crippen LogP contribution in [-0.2, 0) is 11.2 Å². The van der Waals surface area contributed by atoms with Crippen LogP contribution in [0.4, 0.5) is 0 Å². The van der Waals surface area contributed by atoms with Crippen LogP contribution in [0.15, 0.2) is 42.5 Å². The van der Waals surface area contributed by atoms with E-state index in [1.54, 1.807) is 7.11 Å². The average molecular weight is 341 g/mol. The Labute approximate surface area is 150 Å². The summed E-state index contributed by atoms with van der Waals surface area (Å²) in [6, 6.07) is 13.8. The van der Waals surface area contributed by atoms with Crippen molar-refractivity contribution in [3.63, 3.8) is 0 Å². The third kappa shape index (κ3) is 6.14. The summed E-state index contributed by atoms with van der Waals surface area (Å²) >= 11 is 0. The van der Waals surface area contributed by atoms with Crippen LogP contribution in [0.2, 0.25) is 0 Å². The maximum absolute atomic E-state index is 12.1. The first-order valence-electron chi connectivity index (χ1n) is 8.60. The van der Waals surface area contributed by atoms with Crippen LogP contribution in [0.5, 0.6) is 11.5 Å². The van der Waals surface area contributed by atoms with Gasteiger partial charge in [0.25, 0.3) is 0 Å². The van der Waals surface area contributed by atoms with Crippen molar-refractivity contribution in [3.05, 3.63) is 59.2 Å². The number of benzene rings is 2. The first-order valence-corrected chi connectivity index (χ1v) is 8.60. The van der Waals surface area contributed by atoms with Gasteiger partial charge < -0.3 is 14.8 Å². The van der Waals surface area contributed by atoms with E-state index in [0.29, 0.717) is 19.4 Å². The molecule has 2 aromatic carbocycles. The molecule has 0 radical (unpaired) electrons. The molecule has 0 heterocycles. The maximum Gasteiger partial charge on any atom is 0.220 e. The van der Waals surface area contributed by atoms with E-state index in [0.717, 1.165) is 17.1 Å². The summed E-state index contributed by atoms with van der Waals surface area (Å²) in [6.07, 6.45) is 1.17. The Morgan fingerprint density at radius 2 is 1.72 bits per heavy atom. The van der Waals surface area contributed by atoms with Crippen molar-refractivity contribution in [1.29, 1.82) is 0 Å². The van der Waals surface area contributed by atoms with Gasteiger partial charge in [-0.1, -0.05) is 18.2 Å². The summed E-state index contributed by atoms with van der Waals surface area (Å²) in [5.41, 5.74) is 3.57. The molecule has 0 saturated carbocycles. The third-order valence-electron chi connectivity index (χ3n) is 4.19. The molecule has 1 N–H and O–H groups in total. The predicted molar refractivity (Wildman–Crippen MR) is 100 cm³/mol. The second-order valence-corrected chi connectivity index (χ2v) is 6.37. The lowest BCUT2D eigenvalue weighted by molar-refractivity contribution is -0.121. The summed E-state index contributed by atoms with van der Waals surface area (Å²) in [5, 5.41) is 2.98. The lowest BCUT2D eigenvalue weighted by Crippen LogP contribution is -2.36. The second kappa shape index (κ2) is 9.11. The van der Waals surface area contributed by atoms with Crippen molar-refractivity contribution in [2.24, 2.45) is 0 Å². The molecular formula is C21H27NO3. The molecule has 0 fully saturated rings. The summed E-state index contributed by atoms with van der Waals surface area (Å²) in [7, 11) is 1.64. The zero-order valence-electron chi connectivity index (χ0n) is 15.5. The van der Waals surface area contributed by atoms with Gasteiger partial charge in [0.15, 0.2) is 0 Å². The monoisotopic (exact) mass is 341 g/mol. The summed E-state index contributed by atoms with van der Waals surface area (Å²) in [5.74, 6) is 1.69. The topological polar surface area (TPSA) is 47.6 Å². The van der Waals surface area contributed by atoms with Gasteiger partial charge in [-0.3, -0.25) is 4.79 Å². The number of amides is 1. The number of carbonyl (C=O) groups excluding carboxylic acids is 1. The number of hydrogen-bond donors (Lipinski definition) is 1. The first kappa shape index (κ1) is 18.8. The molecule has 0 bridgehead atoms. The quantitative estimate of drug-likeness (QED) is 0.794. The fourth-order valence-electron chi connectivity index (χ4n) is 2.46. The van der Waals surface area contributed by atoms with Gasteiger partial charge in [-0.25, -0.2) is 0 Å². The highest BCUT2D eigenvalue weighted by atomic mass is 16.5. The minimum atomic E-state index is -0.0371. The average Bonchev–Trinajstić information content (AvgIpc) is 2.61. The van der Waals surface area contributed by atoms with E-state index in [1.807, 2.05) is 49.4 Å². The van der Waals surface area contributed by atoms with Crippen molar-refractivity contribution in [1.82, 2.24) is 5.32 Å². The van der Waals surface area contributed by atoms with Crippen molar-refractivity contribution >= 4 is 5.91 Å². The Morgan fingerprint density at radius 1 is 1.04 bits per heavy atom. The fraction of sp³-hybridized carbons (Fsp3) is 0.381. The molecule has 0 aliphatic carbocycles. The molecule has 0 spiro atoms. The van der Waals surface area contributed by atoms with Crippen LogP contribution in [0.3, 0.4) is 0 Å². The van der Waals surface area contributed by atoms with Gasteiger partial charge in [-0.05, 0) is 68.1 Å². The van der Waals surface area contributed by atoms with E-state index in [-0.39, 0.29) is 11.9 Å². The molecule has 0 unspecified atom stereocenters. The Bertz CT molecular complexity index is 695. The minimum Gasteiger partial charge on any atom is -0.497 e. The third-order valence-corrected chi connectivity index (χ3v) is 4.19. The number of nitrogens with one attached hydrogen (secondary N) is 1. The Kier molecular flexibility index (Phi) is 6.87. The molecule has 2 rings (SSSR count). The number of methoxy groups -OCH3 is 1. The Morgan fingerprint density at radius 3 is 2.36 bits per heavy atom. The standard InChI is InChI=1S/C21H27NO3/c1-15-5-9-20(13-16(15)2)25-14-17(3)22-21(23)12-8-18-6-10-19(24-4)11-7-18/h5-7,9-11,13,17H,8,12,14H2,1-4H3,(H,22,23)/t17-/m0/s1. The van der Waals surface area contributed by atoms with Gasteiger partial charge in [-0.15, -0.1) is 0 Å². The summed E-state index contributed by atoms with van der Waals surface area (Å²) < 4.78 is 10.9. The molecule has 0 aromatic heterocycles. The normalized spacial score (nSPS) is 11.7. The predicted octanol–water partition coefficient (Wildman–Crippen LogP) is 3.83. The molecular weight excluding hydrogens is 314 g/mol. The van der Waals surface area contributed by atoms with Crippen molar-refractivity contribution < 1.29 is 14.3 Å². The van der Waals surface area contributed by atoms with Gasteiger partial charge in [0.05, 0.1) is 13.2 Å². The zero-order chi connectivity index (χ0) is 18.2. The first-order chi connectivity index (χ1) is 12.0. The van der Waals surface area contributed by atoms with Gasteiger partial charge in [0.1, 0.15) is 18.1 Å². The van der Waals surface area contributed by atoms with Crippen LogP contribution < -0.4 is 14.8 Å². The van der Waals surface area contributed by atoms with Crippen molar-refractivity contribution in [3.8, 4) is 11.5 Å². The highest BCUT2D eigenvalue weighted by Gasteiger charge is 2.09. The van der Waals surface area contributed by atoms with Crippen LogP contribution in [0, 0.1) is 13.8 Å². The lowest BCUT2D eigenvalue weighted by atomic mass is 10.1. The number of rotatable bonds is 8. The molecule has 2 aromatic rings. The molecule has 0 saturated heterocycles. The van der Waals surface area contributed by atoms with Gasteiger partial charge in [-0.2, -0.15) is 0 Å². The largest absolute Gasteiger partial charge is 0.497 e. The maximum atomic E-state index is 12.1. The number of aryl methyl sites for hydroxylation is 3. The van der Waals surface area contributed by atoms with E-state index in [1.165, 1.54) is 11.1 Å². The van der Waals surface area contributed by atoms with Crippen LogP contribution in [0.25, 0.3) is 0 Å². The van der Waals surface area contributed by atoms with Crippen molar-refractivity contribution in [2.75, 3.05) is 13.7 Å². The van der Waals surface area contributed by atoms with E-state index in [9.17, 15) is 4.79 Å². The highest BCUT2D eigenvalue weighted by Crippen LogP contribution is 2.16. The number of hydrogen-bond acceptors (Lipinski definition) is 3. The number of ether oxygens (including phenoxy) is 2. The molecule has 1 amide bonds. The molecule has 0 aliphatic rings. The molecule has 0 aliphatic heterocycles. The Balaban J connectivity index is 1.72. The molecule has 4 heteroatoms. The summed E-state index contributed by atoms with van der Waals surface area (Å²) in [6.45, 7) is 6.54. The Hall–Kier alpha value is -2.49. The molecule has 4 nitrogen and oxygen atoms in total. The zero-order valence-corrected chi connectivity index (χ0v) is 15.5. The molecule has 1 atom stereocenters. The van der Waals surface area contributed by atoms with Crippen LogP contribution in [-0.4, -0.2) is 25.7 Å². The molecule has 134 valence electrons. The number of carbonyl (C=O) groups is 1. The van der Waals surface area contributed by atoms with Gasteiger partial charge >= 0.3 is 0 Å². The summed E-state index contributed by atoms with van der Waals surface area (Å²) in [4.78, 5) is 12.1. The highest BCUT2D eigenvalue weighted by molar-refractivity contribution is 5.76. The van der Waals surface area contributed by atoms with Crippen molar-refractivity contribution in [2.45, 2.75) is 39.7 Å². The van der Waals surface area contributed by atoms with Gasteiger partial charge in [0.2, 0.25) is 5.91 Å².